The van der Waals surface area contributed by atoms with Crippen LogP contribution in [-0.4, -0.2) is 10.5 Å². The fraction of sp³-hybridized carbons (Fsp3) is 0.462. The van der Waals surface area contributed by atoms with Gasteiger partial charge < -0.3 is 10.7 Å². The van der Waals surface area contributed by atoms with Crippen molar-refractivity contribution in [3.8, 4) is 11.8 Å². The first-order valence-corrected chi connectivity index (χ1v) is 9.88. The highest BCUT2D eigenvalue weighted by Crippen LogP contribution is 2.40. The minimum Gasteiger partial charge on any atom is -0.358 e. The van der Waals surface area contributed by atoms with Gasteiger partial charge in [-0.25, -0.2) is 0 Å². The Kier molecular flexibility index (Phi) is 7.52. The molecule has 1 aromatic rings. The number of aromatic amines is 1. The summed E-state index contributed by atoms with van der Waals surface area (Å²) in [5, 5.41) is 0. The number of allylic oxidation sites excluding steroid dienone is 5. The molecule has 2 heteroatoms. The summed E-state index contributed by atoms with van der Waals surface area (Å²) in [6, 6.07) is 0. The minimum atomic E-state index is -0.552. The van der Waals surface area contributed by atoms with Crippen molar-refractivity contribution < 1.29 is 0 Å². The van der Waals surface area contributed by atoms with E-state index in [4.69, 9.17) is 5.73 Å². The largest absolute Gasteiger partial charge is 0.358 e. The number of aromatic nitrogens is 1. The van der Waals surface area contributed by atoms with E-state index < -0.39 is 5.54 Å². The van der Waals surface area contributed by atoms with E-state index in [1.54, 1.807) is 0 Å². The van der Waals surface area contributed by atoms with Gasteiger partial charge >= 0.3 is 0 Å². The van der Waals surface area contributed by atoms with Gasteiger partial charge in [-0.05, 0) is 70.9 Å². The van der Waals surface area contributed by atoms with Crippen molar-refractivity contribution in [3.63, 3.8) is 0 Å². The predicted octanol–water partition coefficient (Wildman–Crippen LogP) is 6.90. The third-order valence-electron chi connectivity index (χ3n) is 4.52. The van der Waals surface area contributed by atoms with Crippen molar-refractivity contribution in [1.82, 2.24) is 4.98 Å². The molecule has 2 nitrogen and oxygen atoms in total. The number of hydrogen-bond acceptors (Lipinski definition) is 1. The van der Waals surface area contributed by atoms with E-state index >= 15 is 0 Å². The highest BCUT2D eigenvalue weighted by molar-refractivity contribution is 5.92. The Labute approximate surface area is 172 Å². The molecule has 152 valence electrons. The molecule has 0 aromatic carbocycles. The fourth-order valence-corrected chi connectivity index (χ4v) is 3.71. The molecule has 0 bridgehead atoms. The van der Waals surface area contributed by atoms with Gasteiger partial charge in [-0.2, -0.15) is 0 Å². The number of nitrogens with two attached hydrogens (primary N) is 1. The number of aryl methyl sites for hydroxylation is 1. The second-order valence-electron chi connectivity index (χ2n) is 9.41. The lowest BCUT2D eigenvalue weighted by molar-refractivity contribution is 0.374. The first-order valence-electron chi connectivity index (χ1n) is 9.88. The lowest BCUT2D eigenvalue weighted by Crippen LogP contribution is -2.29. The van der Waals surface area contributed by atoms with Gasteiger partial charge in [0.1, 0.15) is 0 Å². The Balaban J connectivity index is 3.56. The Morgan fingerprint density at radius 2 is 1.64 bits per heavy atom. The maximum absolute atomic E-state index is 6.10. The van der Waals surface area contributed by atoms with Gasteiger partial charge in [-0.15, -0.1) is 6.58 Å². The maximum Gasteiger partial charge on any atom is 0.0722 e. The third-order valence-corrected chi connectivity index (χ3v) is 4.52. The summed E-state index contributed by atoms with van der Waals surface area (Å²) in [6.45, 7) is 29.3. The summed E-state index contributed by atoms with van der Waals surface area (Å²) in [5.41, 5.74) is 14.2. The molecule has 0 atom stereocenters. The SMILES string of the molecule is C=C(C)CC(C)(C)CC(=C)c1c(C)[nH]c(C(=C)C)c1/C(C#CC(C)(C)N)=C\C. The van der Waals surface area contributed by atoms with E-state index in [0.717, 1.165) is 52.1 Å². The van der Waals surface area contributed by atoms with Crippen LogP contribution in [0.1, 0.15) is 83.8 Å². The quantitative estimate of drug-likeness (QED) is 0.393. The summed E-state index contributed by atoms with van der Waals surface area (Å²) in [4.78, 5) is 3.51. The van der Waals surface area contributed by atoms with Crippen LogP contribution in [0.3, 0.4) is 0 Å². The fourth-order valence-electron chi connectivity index (χ4n) is 3.71. The van der Waals surface area contributed by atoms with E-state index in [-0.39, 0.29) is 5.41 Å². The van der Waals surface area contributed by atoms with Gasteiger partial charge in [-0.3, -0.25) is 0 Å². The van der Waals surface area contributed by atoms with Crippen LogP contribution in [0.4, 0.5) is 0 Å². The molecule has 0 aliphatic carbocycles. The zero-order valence-electron chi connectivity index (χ0n) is 19.2. The first kappa shape index (κ1) is 23.8. The van der Waals surface area contributed by atoms with Crippen molar-refractivity contribution in [2.24, 2.45) is 11.1 Å². The molecule has 3 N–H and O–H groups in total. The second kappa shape index (κ2) is 8.84. The molecule has 1 rings (SSSR count). The first-order chi connectivity index (χ1) is 12.7. The van der Waals surface area contributed by atoms with Crippen LogP contribution < -0.4 is 5.73 Å². The van der Waals surface area contributed by atoms with Crippen LogP contribution in [0.25, 0.3) is 16.7 Å². The van der Waals surface area contributed by atoms with Crippen molar-refractivity contribution in [2.75, 3.05) is 0 Å². The smallest absolute Gasteiger partial charge is 0.0722 e. The monoisotopic (exact) mass is 378 g/mol. The van der Waals surface area contributed by atoms with Gasteiger partial charge in [0.05, 0.1) is 5.54 Å². The number of rotatable bonds is 7. The average Bonchev–Trinajstić information content (AvgIpc) is 2.82. The molecule has 0 radical (unpaired) electrons. The third kappa shape index (κ3) is 6.43. The molecular formula is C26H38N2. The Morgan fingerprint density at radius 3 is 2.07 bits per heavy atom. The Hall–Kier alpha value is -2.24. The Bertz CT molecular complexity index is 868. The molecule has 1 aromatic heterocycles. The lowest BCUT2D eigenvalue weighted by atomic mass is 9.78. The van der Waals surface area contributed by atoms with E-state index in [1.807, 2.05) is 33.8 Å². The van der Waals surface area contributed by atoms with Crippen molar-refractivity contribution in [2.45, 2.75) is 73.8 Å². The van der Waals surface area contributed by atoms with Gasteiger partial charge in [-0.1, -0.05) is 50.5 Å². The van der Waals surface area contributed by atoms with E-state index in [9.17, 15) is 0 Å². The van der Waals surface area contributed by atoms with Crippen LogP contribution in [0.2, 0.25) is 0 Å². The van der Waals surface area contributed by atoms with E-state index in [0.29, 0.717) is 0 Å². The average molecular weight is 379 g/mol. The van der Waals surface area contributed by atoms with Gasteiger partial charge in [0.2, 0.25) is 0 Å². The standard InChI is InChI=1S/C26H38N2/c1-12-21(13-14-26(10,11)27)23-22(20(7)28-24(23)18(4)5)19(6)16-25(8,9)15-17(2)3/h12,28H,2,4,6,15-16,27H2,1,3,5,7-11H3/b21-12-. The molecular weight excluding hydrogens is 340 g/mol. The summed E-state index contributed by atoms with van der Waals surface area (Å²) in [5.74, 6) is 6.46. The zero-order valence-corrected chi connectivity index (χ0v) is 19.2. The molecule has 0 amide bonds. The molecule has 1 heterocycles. The summed E-state index contributed by atoms with van der Waals surface area (Å²) < 4.78 is 0. The molecule has 0 saturated carbocycles. The van der Waals surface area contributed by atoms with Crippen LogP contribution >= 0.6 is 0 Å². The normalized spacial score (nSPS) is 12.4. The molecule has 28 heavy (non-hydrogen) atoms. The lowest BCUT2D eigenvalue weighted by Gasteiger charge is -2.26. The second-order valence-corrected chi connectivity index (χ2v) is 9.41. The van der Waals surface area contributed by atoms with Crippen molar-refractivity contribution >= 4 is 16.7 Å². The molecule has 0 unspecified atom stereocenters. The maximum atomic E-state index is 6.10. The van der Waals surface area contributed by atoms with Crippen LogP contribution in [0.15, 0.2) is 31.4 Å². The molecule has 0 spiro atoms. The van der Waals surface area contributed by atoms with E-state index in [2.05, 4.69) is 64.3 Å². The van der Waals surface area contributed by atoms with Crippen LogP contribution in [-0.2, 0) is 0 Å². The predicted molar refractivity (Wildman–Crippen MR) is 127 cm³/mol. The topological polar surface area (TPSA) is 41.8 Å². The van der Waals surface area contributed by atoms with Gasteiger partial charge in [0.15, 0.2) is 0 Å². The number of hydrogen-bond donors (Lipinski definition) is 2. The number of nitrogens with one attached hydrogen (secondary N) is 1. The highest BCUT2D eigenvalue weighted by Gasteiger charge is 2.25. The van der Waals surface area contributed by atoms with Gasteiger partial charge in [0, 0.05) is 28.1 Å². The van der Waals surface area contributed by atoms with Crippen LogP contribution in [0, 0.1) is 24.2 Å². The number of H-pyrrole nitrogens is 1. The Morgan fingerprint density at radius 1 is 1.07 bits per heavy atom. The molecule has 0 fully saturated rings. The van der Waals surface area contributed by atoms with Gasteiger partial charge in [0.25, 0.3) is 0 Å². The summed E-state index contributed by atoms with van der Waals surface area (Å²) in [6.07, 6.45) is 3.90. The van der Waals surface area contributed by atoms with Crippen molar-refractivity contribution in [3.05, 3.63) is 53.9 Å². The molecule has 0 aliphatic heterocycles. The van der Waals surface area contributed by atoms with Crippen molar-refractivity contribution in [1.29, 1.82) is 0 Å². The minimum absolute atomic E-state index is 0.0916. The summed E-state index contributed by atoms with van der Waals surface area (Å²) >= 11 is 0. The van der Waals surface area contributed by atoms with Crippen LogP contribution in [0.5, 0.6) is 0 Å². The summed E-state index contributed by atoms with van der Waals surface area (Å²) in [7, 11) is 0. The molecule has 0 aliphatic rings. The van der Waals surface area contributed by atoms with E-state index in [1.165, 1.54) is 5.57 Å². The highest BCUT2D eigenvalue weighted by atomic mass is 14.7. The zero-order chi connectivity index (χ0) is 21.9. The molecule has 0 saturated heterocycles.